The van der Waals surface area contributed by atoms with Crippen molar-refractivity contribution in [2.45, 2.75) is 82.6 Å². The van der Waals surface area contributed by atoms with Crippen LogP contribution in [0.1, 0.15) is 76.9 Å². The van der Waals surface area contributed by atoms with Crippen molar-refractivity contribution < 1.29 is 51.9 Å². The van der Waals surface area contributed by atoms with Gasteiger partial charge < -0.3 is 34.5 Å². The molecule has 0 aromatic heterocycles. The van der Waals surface area contributed by atoms with Crippen LogP contribution in [0.25, 0.3) is 6.08 Å². The number of nitrogens with one attached hydrogen (secondary N) is 1. The van der Waals surface area contributed by atoms with Crippen molar-refractivity contribution in [2.75, 3.05) is 20.4 Å². The van der Waals surface area contributed by atoms with E-state index in [0.717, 1.165) is 29.3 Å². The van der Waals surface area contributed by atoms with Gasteiger partial charge in [-0.1, -0.05) is 12.1 Å². The largest absolute Gasteiger partial charge is 0.504 e. The van der Waals surface area contributed by atoms with Crippen molar-refractivity contribution in [1.29, 1.82) is 0 Å². The van der Waals surface area contributed by atoms with Crippen LogP contribution < -0.4 is 24.3 Å². The average Bonchev–Trinajstić information content (AvgIpc) is 3.65. The van der Waals surface area contributed by atoms with E-state index in [4.69, 9.17) is 18.9 Å². The Kier molecular flexibility index (Phi) is 7.83. The van der Waals surface area contributed by atoms with Crippen LogP contribution in [0.5, 0.6) is 28.7 Å². The molecule has 3 aromatic rings. The monoisotopic (exact) mass is 721 g/mol. The fourth-order valence-electron chi connectivity index (χ4n) is 9.38. The molecule has 274 valence electrons. The molecule has 0 bridgehead atoms. The highest BCUT2D eigenvalue weighted by Gasteiger charge is 2.68. The second-order valence-electron chi connectivity index (χ2n) is 14.3. The lowest BCUT2D eigenvalue weighted by molar-refractivity contribution is -0.244. The Bertz CT molecular complexity index is 2070. The van der Waals surface area contributed by atoms with E-state index in [1.807, 2.05) is 17.9 Å². The molecule has 5 aliphatic heterocycles. The summed E-state index contributed by atoms with van der Waals surface area (Å²) in [5.74, 6) is 0.398. The van der Waals surface area contributed by atoms with Crippen molar-refractivity contribution in [3.63, 3.8) is 0 Å². The van der Waals surface area contributed by atoms with Crippen LogP contribution in [0.3, 0.4) is 0 Å². The molecule has 14 heteroatoms. The molecular formula is C38H38F3N3O8. The van der Waals surface area contributed by atoms with Crippen molar-refractivity contribution in [2.24, 2.45) is 0 Å². The number of hydrogen-bond donors (Lipinski definition) is 3. The van der Waals surface area contributed by atoms with Crippen LogP contribution in [0, 0.1) is 13.8 Å². The van der Waals surface area contributed by atoms with E-state index in [2.05, 4.69) is 17.1 Å². The topological polar surface area (TPSA) is 130 Å². The number of phenols is 1. The number of aliphatic hydroxyl groups excluding tert-OH is 1. The maximum Gasteiger partial charge on any atom is 0.416 e. The minimum absolute atomic E-state index is 0.0330. The predicted molar refractivity (Wildman–Crippen MR) is 180 cm³/mol. The van der Waals surface area contributed by atoms with Gasteiger partial charge in [-0.2, -0.15) is 13.2 Å². The van der Waals surface area contributed by atoms with E-state index in [0.29, 0.717) is 51.7 Å². The number of amides is 1. The van der Waals surface area contributed by atoms with Gasteiger partial charge in [0.1, 0.15) is 12.0 Å². The SMILES string of the molecule is COc1c(C)cc2c(c1O)[C@H]1[C@@H]3Cc4c(OC(C)=O)c(C)c5c(c4[C@H](CNC(=O)/C=C/c4cccc(C(F)(F)F)c4)N3[C@@H](O)[C@@H]3CC2(C)N31)OCO5. The Morgan fingerprint density at radius 2 is 1.87 bits per heavy atom. The number of esters is 1. The minimum atomic E-state index is -4.53. The molecule has 1 amide bonds. The molecule has 0 aliphatic carbocycles. The van der Waals surface area contributed by atoms with E-state index in [1.54, 1.807) is 6.92 Å². The first kappa shape index (κ1) is 34.3. The third-order valence-corrected chi connectivity index (χ3v) is 11.4. The van der Waals surface area contributed by atoms with Crippen molar-refractivity contribution in [1.82, 2.24) is 15.1 Å². The highest BCUT2D eigenvalue weighted by atomic mass is 19.4. The van der Waals surface area contributed by atoms with E-state index in [9.17, 15) is 33.0 Å². The van der Waals surface area contributed by atoms with Crippen LogP contribution in [0.15, 0.2) is 36.4 Å². The summed E-state index contributed by atoms with van der Waals surface area (Å²) in [6.45, 7) is 6.92. The molecule has 52 heavy (non-hydrogen) atoms. The first-order chi connectivity index (χ1) is 24.6. The van der Waals surface area contributed by atoms with E-state index < -0.39 is 53.5 Å². The fraction of sp³-hybridized carbons (Fsp3) is 0.421. The summed E-state index contributed by atoms with van der Waals surface area (Å²) in [6, 6.07) is 4.71. The smallest absolute Gasteiger partial charge is 0.416 e. The summed E-state index contributed by atoms with van der Waals surface area (Å²) in [5.41, 5.74) is 3.15. The van der Waals surface area contributed by atoms with Crippen LogP contribution >= 0.6 is 0 Å². The molecule has 2 fully saturated rings. The summed E-state index contributed by atoms with van der Waals surface area (Å²) in [6.07, 6.45) is -2.20. The molecule has 0 spiro atoms. The molecule has 3 aromatic carbocycles. The number of alkyl halides is 3. The van der Waals surface area contributed by atoms with Crippen molar-refractivity contribution in [3.8, 4) is 28.7 Å². The standard InChI is InChI=1S/C38H38F3N3O8/c1-17-11-23-29(31(47)32(17)49-5)30-24-13-22-28(35-34(50-16-51-35)18(2)33(22)52-19(3)45)26(43(24)36(48)25-14-37(23,4)44(25)30)15-42-27(46)10-9-20-7-6-8-21(12-20)38(39,40)41/h6-12,24-26,30,36,47-48H,13-16H2,1-5H3,(H,42,46)/b10-9+/t24-,25-,26-,30+,36-,37?/m0/s1. The number of aromatic hydroxyl groups is 1. The number of carbonyl (C=O) groups is 2. The highest BCUT2D eigenvalue weighted by Crippen LogP contribution is 2.67. The first-order valence-corrected chi connectivity index (χ1v) is 17.1. The maximum absolute atomic E-state index is 13.3. The summed E-state index contributed by atoms with van der Waals surface area (Å²) in [7, 11) is 1.51. The molecule has 2 saturated heterocycles. The summed E-state index contributed by atoms with van der Waals surface area (Å²) < 4.78 is 63.3. The predicted octanol–water partition coefficient (Wildman–Crippen LogP) is 5.16. The van der Waals surface area contributed by atoms with Gasteiger partial charge in [-0.3, -0.25) is 19.4 Å². The van der Waals surface area contributed by atoms with Gasteiger partial charge in [-0.05, 0) is 74.6 Å². The van der Waals surface area contributed by atoms with E-state index >= 15 is 0 Å². The molecule has 3 N–H and O–H groups in total. The molecule has 8 rings (SSSR count). The lowest BCUT2D eigenvalue weighted by atomic mass is 9.72. The number of halogens is 3. The van der Waals surface area contributed by atoms with Crippen LogP contribution in [-0.2, 0) is 27.7 Å². The summed E-state index contributed by atoms with van der Waals surface area (Å²) in [4.78, 5) is 30.0. The average molecular weight is 722 g/mol. The molecule has 0 saturated carbocycles. The number of phenolic OH excluding ortho intramolecular Hbond substituents is 1. The Balaban J connectivity index is 1.23. The number of carbonyl (C=O) groups excluding carboxylic acids is 2. The highest BCUT2D eigenvalue weighted by molar-refractivity contribution is 5.91. The van der Waals surface area contributed by atoms with E-state index in [-0.39, 0.29) is 37.1 Å². The zero-order valence-corrected chi connectivity index (χ0v) is 29.1. The minimum Gasteiger partial charge on any atom is -0.504 e. The van der Waals surface area contributed by atoms with Gasteiger partial charge in [0.15, 0.2) is 23.0 Å². The fourth-order valence-corrected chi connectivity index (χ4v) is 9.38. The lowest BCUT2D eigenvalue weighted by Crippen LogP contribution is -2.75. The van der Waals surface area contributed by atoms with Gasteiger partial charge in [0.25, 0.3) is 0 Å². The van der Waals surface area contributed by atoms with Crippen molar-refractivity contribution >= 4 is 18.0 Å². The zero-order valence-electron chi connectivity index (χ0n) is 29.1. The second kappa shape index (κ2) is 11.9. The number of piperazine rings is 1. The lowest BCUT2D eigenvalue weighted by Gasteiger charge is -2.65. The molecule has 1 unspecified atom stereocenters. The maximum atomic E-state index is 13.3. The van der Waals surface area contributed by atoms with Crippen LogP contribution in [-0.4, -0.2) is 70.6 Å². The molecule has 6 atom stereocenters. The summed E-state index contributed by atoms with van der Waals surface area (Å²) >= 11 is 0. The van der Waals surface area contributed by atoms with Gasteiger partial charge in [0, 0.05) is 53.4 Å². The third-order valence-electron chi connectivity index (χ3n) is 11.4. The van der Waals surface area contributed by atoms with Gasteiger partial charge in [0.2, 0.25) is 12.7 Å². The molecule has 5 aliphatic rings. The van der Waals surface area contributed by atoms with Crippen molar-refractivity contribution in [3.05, 3.63) is 80.9 Å². The quantitative estimate of drug-likeness (QED) is 0.178. The van der Waals surface area contributed by atoms with Crippen LogP contribution in [0.2, 0.25) is 0 Å². The van der Waals surface area contributed by atoms with E-state index in [1.165, 1.54) is 32.2 Å². The number of aliphatic hydroxyl groups is 1. The number of ether oxygens (including phenoxy) is 4. The number of methoxy groups -OCH3 is 1. The number of nitrogens with zero attached hydrogens (tertiary/aromatic N) is 2. The Labute approximate surface area is 297 Å². The van der Waals surface area contributed by atoms with Gasteiger partial charge >= 0.3 is 12.1 Å². The molecule has 5 heterocycles. The zero-order chi connectivity index (χ0) is 37.0. The third kappa shape index (κ3) is 4.91. The molecular weight excluding hydrogens is 683 g/mol. The number of benzene rings is 3. The Morgan fingerprint density at radius 1 is 1.12 bits per heavy atom. The Morgan fingerprint density at radius 3 is 2.58 bits per heavy atom. The molecule has 0 radical (unpaired) electrons. The number of aryl methyl sites for hydroxylation is 1. The number of hydrogen-bond acceptors (Lipinski definition) is 10. The van der Waals surface area contributed by atoms with Crippen LogP contribution in [0.4, 0.5) is 13.2 Å². The van der Waals surface area contributed by atoms with Gasteiger partial charge in [-0.25, -0.2) is 0 Å². The van der Waals surface area contributed by atoms with Gasteiger partial charge in [0.05, 0.1) is 30.8 Å². The van der Waals surface area contributed by atoms with Gasteiger partial charge in [-0.15, -0.1) is 0 Å². The molecule has 11 nitrogen and oxygen atoms in total. The first-order valence-electron chi connectivity index (χ1n) is 17.1. The number of fused-ring (bicyclic) bond motifs is 8. The normalized spacial score (nSPS) is 27.0. The number of rotatable bonds is 6. The second-order valence-corrected chi connectivity index (χ2v) is 14.3. The summed E-state index contributed by atoms with van der Waals surface area (Å²) in [5, 5.41) is 26.9. The Hall–Kier alpha value is -4.79.